The van der Waals surface area contributed by atoms with Crippen molar-refractivity contribution in [3.63, 3.8) is 0 Å². The number of amides is 1. The lowest BCUT2D eigenvalue weighted by molar-refractivity contribution is -0.126. The summed E-state index contributed by atoms with van der Waals surface area (Å²) in [6.07, 6.45) is 3.55. The first-order chi connectivity index (χ1) is 12.8. The molecule has 1 aromatic carbocycles. The number of para-hydroxylation sites is 2. The molecule has 6 heteroatoms. The van der Waals surface area contributed by atoms with Crippen LogP contribution in [0.25, 0.3) is 11.0 Å². The highest BCUT2D eigenvalue weighted by atomic mass is 16.1. The Bertz CT molecular complexity index is 781. The minimum Gasteiger partial charge on any atom is -0.355 e. The van der Waals surface area contributed by atoms with Crippen LogP contribution in [0.1, 0.15) is 26.7 Å². The number of aromatic nitrogens is 2. The molecule has 6 nitrogen and oxygen atoms in total. The van der Waals surface area contributed by atoms with Crippen LogP contribution in [0.4, 0.5) is 5.82 Å². The van der Waals surface area contributed by atoms with Crippen molar-refractivity contribution in [1.29, 1.82) is 0 Å². The summed E-state index contributed by atoms with van der Waals surface area (Å²) in [7, 11) is 4.13. The molecule has 0 aliphatic carbocycles. The SMILES string of the molecule is CN(C)CC(C)(C)CNC(=O)C1CCN(c2cnc3ccccc3n2)CC1. The summed E-state index contributed by atoms with van der Waals surface area (Å²) in [6, 6.07) is 7.91. The molecule has 0 radical (unpaired) electrons. The molecule has 1 fully saturated rings. The van der Waals surface area contributed by atoms with Crippen LogP contribution in [0.3, 0.4) is 0 Å². The summed E-state index contributed by atoms with van der Waals surface area (Å²) >= 11 is 0. The van der Waals surface area contributed by atoms with Crippen molar-refractivity contribution >= 4 is 22.8 Å². The molecule has 2 heterocycles. The van der Waals surface area contributed by atoms with Gasteiger partial charge in [-0.1, -0.05) is 26.0 Å². The quantitative estimate of drug-likeness (QED) is 0.848. The fourth-order valence-electron chi connectivity index (χ4n) is 3.85. The van der Waals surface area contributed by atoms with E-state index in [1.165, 1.54) is 0 Å². The van der Waals surface area contributed by atoms with Crippen LogP contribution >= 0.6 is 0 Å². The van der Waals surface area contributed by atoms with Gasteiger partial charge in [-0.2, -0.15) is 0 Å². The number of carbonyl (C=O) groups is 1. The van der Waals surface area contributed by atoms with E-state index < -0.39 is 0 Å². The number of benzene rings is 1. The zero-order chi connectivity index (χ0) is 19.4. The highest BCUT2D eigenvalue weighted by molar-refractivity contribution is 5.79. The molecule has 1 amide bonds. The number of hydrogen-bond donors (Lipinski definition) is 1. The molecule has 0 bridgehead atoms. The molecule has 1 aliphatic rings. The molecule has 146 valence electrons. The lowest BCUT2D eigenvalue weighted by Gasteiger charge is -2.33. The van der Waals surface area contributed by atoms with E-state index in [9.17, 15) is 4.79 Å². The number of nitrogens with one attached hydrogen (secondary N) is 1. The maximum atomic E-state index is 12.6. The summed E-state index contributed by atoms with van der Waals surface area (Å²) in [6.45, 7) is 7.72. The summed E-state index contributed by atoms with van der Waals surface area (Å²) in [4.78, 5) is 26.2. The van der Waals surface area contributed by atoms with Gasteiger partial charge in [0.05, 0.1) is 17.2 Å². The van der Waals surface area contributed by atoms with Crippen LogP contribution in [0, 0.1) is 11.3 Å². The van der Waals surface area contributed by atoms with E-state index in [2.05, 4.69) is 48.0 Å². The highest BCUT2D eigenvalue weighted by Gasteiger charge is 2.27. The molecule has 1 aliphatic heterocycles. The number of carbonyl (C=O) groups excluding carboxylic acids is 1. The Labute approximate surface area is 162 Å². The molecule has 27 heavy (non-hydrogen) atoms. The normalized spacial score (nSPS) is 16.1. The highest BCUT2D eigenvalue weighted by Crippen LogP contribution is 2.23. The molecular formula is C21H31N5O. The lowest BCUT2D eigenvalue weighted by Crippen LogP contribution is -2.45. The maximum Gasteiger partial charge on any atom is 0.223 e. The second kappa shape index (κ2) is 8.21. The van der Waals surface area contributed by atoms with Crippen molar-refractivity contribution in [3.8, 4) is 0 Å². The van der Waals surface area contributed by atoms with Crippen LogP contribution in [0.2, 0.25) is 0 Å². The number of rotatable bonds is 6. The molecular weight excluding hydrogens is 338 g/mol. The summed E-state index contributed by atoms with van der Waals surface area (Å²) in [5.41, 5.74) is 1.90. The van der Waals surface area contributed by atoms with Gasteiger partial charge in [0.25, 0.3) is 0 Å². The first kappa shape index (κ1) is 19.5. The van der Waals surface area contributed by atoms with E-state index in [1.54, 1.807) is 0 Å². The molecule has 1 saturated heterocycles. The fourth-order valence-corrected chi connectivity index (χ4v) is 3.85. The van der Waals surface area contributed by atoms with E-state index in [0.717, 1.165) is 49.3 Å². The average molecular weight is 370 g/mol. The molecule has 0 atom stereocenters. The van der Waals surface area contributed by atoms with Gasteiger partial charge in [-0.05, 0) is 44.5 Å². The van der Waals surface area contributed by atoms with E-state index in [-0.39, 0.29) is 17.2 Å². The van der Waals surface area contributed by atoms with Gasteiger partial charge in [-0.25, -0.2) is 4.98 Å². The van der Waals surface area contributed by atoms with Crippen LogP contribution in [0.15, 0.2) is 30.5 Å². The van der Waals surface area contributed by atoms with Crippen molar-refractivity contribution in [2.45, 2.75) is 26.7 Å². The van der Waals surface area contributed by atoms with Crippen LogP contribution in [0.5, 0.6) is 0 Å². The van der Waals surface area contributed by atoms with E-state index in [0.29, 0.717) is 6.54 Å². The van der Waals surface area contributed by atoms with Crippen molar-refractivity contribution in [2.24, 2.45) is 11.3 Å². The van der Waals surface area contributed by atoms with Gasteiger partial charge in [-0.3, -0.25) is 9.78 Å². The number of anilines is 1. The molecule has 2 aromatic rings. The number of nitrogens with zero attached hydrogens (tertiary/aromatic N) is 4. The summed E-state index contributed by atoms with van der Waals surface area (Å²) < 4.78 is 0. The molecule has 0 saturated carbocycles. The predicted molar refractivity (Wildman–Crippen MR) is 110 cm³/mol. The first-order valence-corrected chi connectivity index (χ1v) is 9.73. The Morgan fingerprint density at radius 1 is 1.22 bits per heavy atom. The Hall–Kier alpha value is -2.21. The van der Waals surface area contributed by atoms with Crippen molar-refractivity contribution in [1.82, 2.24) is 20.2 Å². The molecule has 0 spiro atoms. The fraction of sp³-hybridized carbons (Fsp3) is 0.571. The minimum absolute atomic E-state index is 0.0700. The van der Waals surface area contributed by atoms with E-state index in [1.807, 2.05) is 30.5 Å². The smallest absolute Gasteiger partial charge is 0.223 e. The van der Waals surface area contributed by atoms with Gasteiger partial charge in [0, 0.05) is 32.1 Å². The van der Waals surface area contributed by atoms with Gasteiger partial charge >= 0.3 is 0 Å². The first-order valence-electron chi connectivity index (χ1n) is 9.73. The van der Waals surface area contributed by atoms with Gasteiger partial charge < -0.3 is 15.1 Å². The van der Waals surface area contributed by atoms with Gasteiger partial charge in [-0.15, -0.1) is 0 Å². The second-order valence-corrected chi connectivity index (χ2v) is 8.60. The van der Waals surface area contributed by atoms with E-state index >= 15 is 0 Å². The van der Waals surface area contributed by atoms with Crippen molar-refractivity contribution in [2.75, 3.05) is 45.2 Å². The average Bonchev–Trinajstić information content (AvgIpc) is 2.65. The van der Waals surface area contributed by atoms with Gasteiger partial charge in [0.1, 0.15) is 5.82 Å². The molecule has 1 N–H and O–H groups in total. The van der Waals surface area contributed by atoms with Gasteiger partial charge in [0.15, 0.2) is 0 Å². The lowest BCUT2D eigenvalue weighted by atomic mass is 9.91. The summed E-state index contributed by atoms with van der Waals surface area (Å²) in [5.74, 6) is 1.18. The zero-order valence-electron chi connectivity index (χ0n) is 16.9. The molecule has 1 aromatic heterocycles. The maximum absolute atomic E-state index is 12.6. The Balaban J connectivity index is 1.52. The Morgan fingerprint density at radius 2 is 1.89 bits per heavy atom. The minimum atomic E-state index is 0.0700. The number of hydrogen-bond acceptors (Lipinski definition) is 5. The number of fused-ring (bicyclic) bond motifs is 1. The standard InChI is InChI=1S/C21H31N5O/c1-21(2,15-25(3)4)14-23-20(27)16-9-11-26(12-10-16)19-13-22-17-7-5-6-8-18(17)24-19/h5-8,13,16H,9-12,14-15H2,1-4H3,(H,23,27). The van der Waals surface area contributed by atoms with Crippen molar-refractivity contribution in [3.05, 3.63) is 30.5 Å². The largest absolute Gasteiger partial charge is 0.355 e. The second-order valence-electron chi connectivity index (χ2n) is 8.60. The van der Waals surface area contributed by atoms with Crippen molar-refractivity contribution < 1.29 is 4.79 Å². The van der Waals surface area contributed by atoms with Crippen LogP contribution < -0.4 is 10.2 Å². The molecule has 0 unspecified atom stereocenters. The summed E-state index contributed by atoms with van der Waals surface area (Å²) in [5, 5.41) is 3.16. The third-order valence-corrected chi connectivity index (χ3v) is 5.11. The third-order valence-electron chi connectivity index (χ3n) is 5.11. The Morgan fingerprint density at radius 3 is 2.56 bits per heavy atom. The molecule has 3 rings (SSSR count). The van der Waals surface area contributed by atoms with Crippen LogP contribution in [-0.2, 0) is 4.79 Å². The monoisotopic (exact) mass is 369 g/mol. The number of piperidine rings is 1. The topological polar surface area (TPSA) is 61.4 Å². The zero-order valence-corrected chi connectivity index (χ0v) is 16.9. The van der Waals surface area contributed by atoms with Crippen LogP contribution in [-0.4, -0.2) is 61.0 Å². The van der Waals surface area contributed by atoms with Gasteiger partial charge in [0.2, 0.25) is 5.91 Å². The predicted octanol–water partition coefficient (Wildman–Crippen LogP) is 2.55. The third kappa shape index (κ3) is 5.16. The van der Waals surface area contributed by atoms with E-state index in [4.69, 9.17) is 4.98 Å². The Kier molecular flexibility index (Phi) is 5.95.